The zero-order valence-corrected chi connectivity index (χ0v) is 19.1. The molecule has 2 saturated heterocycles. The second kappa shape index (κ2) is 8.44. The molecular formula is C24H26N4O3S. The first kappa shape index (κ1) is 20.8. The van der Waals surface area contributed by atoms with Crippen LogP contribution >= 0.6 is 12.2 Å². The molecule has 0 aliphatic carbocycles. The summed E-state index contributed by atoms with van der Waals surface area (Å²) in [6.45, 7) is 8.64. The fourth-order valence-corrected chi connectivity index (χ4v) is 4.74. The number of thiocarbonyl (C=S) groups is 1. The van der Waals surface area contributed by atoms with Crippen molar-refractivity contribution in [2.75, 3.05) is 44.5 Å². The molecule has 32 heavy (non-hydrogen) atoms. The molecule has 3 aliphatic rings. The number of para-hydroxylation sites is 1. The average molecular weight is 451 g/mol. The summed E-state index contributed by atoms with van der Waals surface area (Å²) in [4.78, 5) is 19.4. The van der Waals surface area contributed by atoms with Crippen molar-refractivity contribution in [3.63, 3.8) is 0 Å². The van der Waals surface area contributed by atoms with Gasteiger partial charge in [0.05, 0.1) is 6.67 Å². The molecule has 166 valence electrons. The number of fused-ring (bicyclic) bond motifs is 1. The molecule has 0 unspecified atom stereocenters. The van der Waals surface area contributed by atoms with E-state index in [1.165, 1.54) is 16.8 Å². The van der Waals surface area contributed by atoms with E-state index in [0.717, 1.165) is 37.5 Å². The molecule has 0 aromatic heterocycles. The lowest BCUT2D eigenvalue weighted by Crippen LogP contribution is -2.51. The summed E-state index contributed by atoms with van der Waals surface area (Å²) in [7, 11) is 0. The van der Waals surface area contributed by atoms with Crippen molar-refractivity contribution >= 4 is 35.0 Å². The number of ether oxygens (including phenoxy) is 2. The van der Waals surface area contributed by atoms with Gasteiger partial charge in [0.2, 0.25) is 6.79 Å². The number of piperazine rings is 1. The van der Waals surface area contributed by atoms with E-state index in [4.69, 9.17) is 21.7 Å². The minimum absolute atomic E-state index is 0.107. The number of hydrogen-bond donors (Lipinski definition) is 1. The highest BCUT2D eigenvalue weighted by atomic mass is 32.1. The highest BCUT2D eigenvalue weighted by Crippen LogP contribution is 2.33. The SMILES string of the molecule is Cc1cccc(C)c1N1CCN(CN2C(=O)C(=Cc3ccc4c(c3)OCO4)NC2=S)CC1. The Labute approximate surface area is 193 Å². The van der Waals surface area contributed by atoms with Gasteiger partial charge in [0.15, 0.2) is 16.6 Å². The van der Waals surface area contributed by atoms with Crippen molar-refractivity contribution in [2.45, 2.75) is 13.8 Å². The Balaban J connectivity index is 1.23. The normalized spacial score (nSPS) is 19.8. The fourth-order valence-electron chi connectivity index (χ4n) is 4.49. The van der Waals surface area contributed by atoms with Gasteiger partial charge < -0.3 is 19.7 Å². The van der Waals surface area contributed by atoms with Crippen molar-refractivity contribution in [1.82, 2.24) is 15.1 Å². The molecule has 7 nitrogen and oxygen atoms in total. The van der Waals surface area contributed by atoms with Crippen molar-refractivity contribution in [3.8, 4) is 11.5 Å². The lowest BCUT2D eigenvalue weighted by atomic mass is 10.1. The topological polar surface area (TPSA) is 57.3 Å². The van der Waals surface area contributed by atoms with Crippen LogP contribution in [-0.2, 0) is 4.79 Å². The molecule has 0 radical (unpaired) electrons. The number of rotatable bonds is 4. The summed E-state index contributed by atoms with van der Waals surface area (Å²) in [5.74, 6) is 1.30. The Bertz CT molecular complexity index is 1090. The molecular weight excluding hydrogens is 424 g/mol. The third kappa shape index (κ3) is 3.91. The summed E-state index contributed by atoms with van der Waals surface area (Å²) in [6.07, 6.45) is 1.80. The Morgan fingerprint density at radius 2 is 1.75 bits per heavy atom. The van der Waals surface area contributed by atoms with Crippen LogP contribution < -0.4 is 19.7 Å². The number of benzene rings is 2. The van der Waals surface area contributed by atoms with Crippen LogP contribution in [0.15, 0.2) is 42.1 Å². The second-order valence-electron chi connectivity index (χ2n) is 8.32. The Morgan fingerprint density at radius 1 is 1.03 bits per heavy atom. The zero-order chi connectivity index (χ0) is 22.2. The van der Waals surface area contributed by atoms with Crippen LogP contribution in [0.2, 0.25) is 0 Å². The van der Waals surface area contributed by atoms with Crippen LogP contribution in [0.3, 0.4) is 0 Å². The van der Waals surface area contributed by atoms with Gasteiger partial charge in [-0.15, -0.1) is 0 Å². The van der Waals surface area contributed by atoms with E-state index >= 15 is 0 Å². The third-order valence-corrected chi connectivity index (χ3v) is 6.46. The lowest BCUT2D eigenvalue weighted by molar-refractivity contribution is -0.123. The standard InChI is InChI=1S/C24H26N4O3S/c1-16-4-3-5-17(2)22(16)27-10-8-26(9-11-27)14-28-23(29)19(25-24(28)32)12-18-6-7-20-21(13-18)31-15-30-20/h3-7,12-13H,8-11,14-15H2,1-2H3,(H,25,32). The monoisotopic (exact) mass is 450 g/mol. The van der Waals surface area contributed by atoms with Gasteiger partial charge in [-0.1, -0.05) is 24.3 Å². The lowest BCUT2D eigenvalue weighted by Gasteiger charge is -2.38. The minimum atomic E-state index is -0.107. The maximum Gasteiger partial charge on any atom is 0.277 e. The molecule has 0 spiro atoms. The summed E-state index contributed by atoms with van der Waals surface area (Å²) in [6, 6.07) is 12.0. The largest absolute Gasteiger partial charge is 0.454 e. The smallest absolute Gasteiger partial charge is 0.277 e. The summed E-state index contributed by atoms with van der Waals surface area (Å²) < 4.78 is 10.8. The number of nitrogens with zero attached hydrogens (tertiary/aromatic N) is 3. The molecule has 1 N–H and O–H groups in total. The van der Waals surface area contributed by atoms with Crippen LogP contribution in [0.4, 0.5) is 5.69 Å². The van der Waals surface area contributed by atoms with Gasteiger partial charge >= 0.3 is 0 Å². The van der Waals surface area contributed by atoms with Gasteiger partial charge in [-0.25, -0.2) is 0 Å². The predicted molar refractivity (Wildman–Crippen MR) is 128 cm³/mol. The first-order chi connectivity index (χ1) is 15.5. The maximum atomic E-state index is 13.0. The second-order valence-corrected chi connectivity index (χ2v) is 8.71. The predicted octanol–water partition coefficient (Wildman–Crippen LogP) is 2.87. The Morgan fingerprint density at radius 3 is 2.50 bits per heavy atom. The first-order valence-corrected chi connectivity index (χ1v) is 11.2. The van der Waals surface area contributed by atoms with Crippen molar-refractivity contribution in [3.05, 3.63) is 58.8 Å². The summed E-state index contributed by atoms with van der Waals surface area (Å²) in [5, 5.41) is 3.51. The highest BCUT2D eigenvalue weighted by Gasteiger charge is 2.33. The summed E-state index contributed by atoms with van der Waals surface area (Å²) >= 11 is 5.46. The minimum Gasteiger partial charge on any atom is -0.454 e. The quantitative estimate of drug-likeness (QED) is 0.568. The Hall–Kier alpha value is -3.10. The molecule has 0 bridgehead atoms. The molecule has 2 aromatic carbocycles. The van der Waals surface area contributed by atoms with Crippen LogP contribution in [0, 0.1) is 13.8 Å². The third-order valence-electron chi connectivity index (χ3n) is 6.14. The van der Waals surface area contributed by atoms with Gasteiger partial charge in [-0.05, 0) is 61.0 Å². The number of aryl methyl sites for hydroxylation is 2. The molecule has 5 rings (SSSR count). The number of nitrogens with one attached hydrogen (secondary N) is 1. The average Bonchev–Trinajstić information content (AvgIpc) is 3.34. The van der Waals surface area contributed by atoms with Crippen LogP contribution in [0.25, 0.3) is 6.08 Å². The van der Waals surface area contributed by atoms with Gasteiger partial charge in [0, 0.05) is 31.9 Å². The van der Waals surface area contributed by atoms with Crippen LogP contribution in [0.5, 0.6) is 11.5 Å². The molecule has 8 heteroatoms. The van der Waals surface area contributed by atoms with Crippen molar-refractivity contribution < 1.29 is 14.3 Å². The van der Waals surface area contributed by atoms with Gasteiger partial charge in [-0.3, -0.25) is 14.6 Å². The van der Waals surface area contributed by atoms with E-state index in [9.17, 15) is 4.79 Å². The zero-order valence-electron chi connectivity index (χ0n) is 18.3. The van der Waals surface area contributed by atoms with E-state index < -0.39 is 0 Å². The van der Waals surface area contributed by atoms with Crippen LogP contribution in [0.1, 0.15) is 16.7 Å². The molecule has 0 atom stereocenters. The molecule has 3 aliphatic heterocycles. The molecule has 2 aromatic rings. The maximum absolute atomic E-state index is 13.0. The molecule has 3 heterocycles. The van der Waals surface area contributed by atoms with Crippen LogP contribution in [-0.4, -0.2) is 60.5 Å². The number of hydrogen-bond acceptors (Lipinski definition) is 6. The number of carbonyl (C=O) groups is 1. The molecule has 1 amide bonds. The van der Waals surface area contributed by atoms with Crippen molar-refractivity contribution in [2.24, 2.45) is 0 Å². The molecule has 0 saturated carbocycles. The number of amides is 1. The van der Waals surface area contributed by atoms with E-state index in [1.807, 2.05) is 18.2 Å². The van der Waals surface area contributed by atoms with Gasteiger partial charge in [0.25, 0.3) is 5.91 Å². The molecule has 2 fully saturated rings. The van der Waals surface area contributed by atoms with E-state index in [2.05, 4.69) is 47.2 Å². The van der Waals surface area contributed by atoms with Gasteiger partial charge in [-0.2, -0.15) is 0 Å². The van der Waals surface area contributed by atoms with E-state index in [1.54, 1.807) is 11.0 Å². The fraction of sp³-hybridized carbons (Fsp3) is 0.333. The Kier molecular flexibility index (Phi) is 5.48. The first-order valence-electron chi connectivity index (χ1n) is 10.8. The van der Waals surface area contributed by atoms with Gasteiger partial charge in [0.1, 0.15) is 5.70 Å². The number of anilines is 1. The summed E-state index contributed by atoms with van der Waals surface area (Å²) in [5.41, 5.74) is 5.27. The van der Waals surface area contributed by atoms with Crippen molar-refractivity contribution in [1.29, 1.82) is 0 Å². The van der Waals surface area contributed by atoms with E-state index in [-0.39, 0.29) is 12.7 Å². The highest BCUT2D eigenvalue weighted by molar-refractivity contribution is 7.80. The van der Waals surface area contributed by atoms with E-state index in [0.29, 0.717) is 23.2 Å². The number of carbonyl (C=O) groups excluding carboxylic acids is 1.